The summed E-state index contributed by atoms with van der Waals surface area (Å²) < 4.78 is 7.31. The first-order valence-electron chi connectivity index (χ1n) is 12.7. The number of benzene rings is 2. The van der Waals surface area contributed by atoms with Gasteiger partial charge in [0.15, 0.2) is 0 Å². The first-order chi connectivity index (χ1) is 18.6. The third-order valence-electron chi connectivity index (χ3n) is 6.84. The lowest BCUT2D eigenvalue weighted by Gasteiger charge is -2.30. The highest BCUT2D eigenvalue weighted by molar-refractivity contribution is 8.00. The third-order valence-corrected chi connectivity index (χ3v) is 9.16. The van der Waals surface area contributed by atoms with Crippen LogP contribution in [0.25, 0.3) is 16.9 Å². The molecule has 0 saturated carbocycles. The standard InChI is InChI=1S/C29H28N4O3S2/c1-20-7-5-10-22(17-20)33-29-26(27(30-33)21-8-3-2-4-9-21)28(23-11-6-16-37-23)38-19-25(35)32(29)18-24(34)31-12-14-36-15-13-31/h2-11,16-17,28H,12-15,18-19H2,1H3. The summed E-state index contributed by atoms with van der Waals surface area (Å²) in [6.07, 6.45) is 0. The summed E-state index contributed by atoms with van der Waals surface area (Å²) in [6.45, 7) is 4.11. The van der Waals surface area contributed by atoms with Crippen LogP contribution in [0.1, 0.15) is 21.3 Å². The number of anilines is 1. The summed E-state index contributed by atoms with van der Waals surface area (Å²) in [5, 5.41) is 7.12. The molecule has 38 heavy (non-hydrogen) atoms. The Kier molecular flexibility index (Phi) is 7.06. The van der Waals surface area contributed by atoms with Gasteiger partial charge in [-0.05, 0) is 36.1 Å². The van der Waals surface area contributed by atoms with Crippen LogP contribution < -0.4 is 4.90 Å². The minimum absolute atomic E-state index is 0.0324. The summed E-state index contributed by atoms with van der Waals surface area (Å²) in [6, 6.07) is 22.3. The minimum Gasteiger partial charge on any atom is -0.378 e. The largest absolute Gasteiger partial charge is 0.378 e. The number of carbonyl (C=O) groups is 2. The van der Waals surface area contributed by atoms with Crippen molar-refractivity contribution in [3.05, 3.63) is 88.1 Å². The molecule has 9 heteroatoms. The highest BCUT2D eigenvalue weighted by Crippen LogP contribution is 2.49. The van der Waals surface area contributed by atoms with E-state index in [1.54, 1.807) is 32.9 Å². The van der Waals surface area contributed by atoms with Crippen molar-refractivity contribution in [2.45, 2.75) is 12.2 Å². The molecule has 1 fully saturated rings. The maximum atomic E-state index is 13.8. The number of morpholine rings is 1. The highest BCUT2D eigenvalue weighted by Gasteiger charge is 2.38. The van der Waals surface area contributed by atoms with Gasteiger partial charge in [0.05, 0.1) is 35.6 Å². The van der Waals surface area contributed by atoms with Gasteiger partial charge >= 0.3 is 0 Å². The molecular weight excluding hydrogens is 516 g/mol. The molecule has 194 valence electrons. The molecule has 1 unspecified atom stereocenters. The zero-order valence-electron chi connectivity index (χ0n) is 21.1. The van der Waals surface area contributed by atoms with E-state index in [4.69, 9.17) is 9.84 Å². The SMILES string of the molecule is Cc1cccc(-n2nc(-c3ccccc3)c3c2N(CC(=O)N2CCOCC2)C(=O)CSC3c2cccs2)c1. The van der Waals surface area contributed by atoms with Crippen LogP contribution in [-0.4, -0.2) is 65.1 Å². The van der Waals surface area contributed by atoms with Crippen LogP contribution in [0.3, 0.4) is 0 Å². The molecule has 7 nitrogen and oxygen atoms in total. The summed E-state index contributed by atoms with van der Waals surface area (Å²) >= 11 is 3.28. The number of hydrogen-bond donors (Lipinski definition) is 0. The van der Waals surface area contributed by atoms with Crippen LogP contribution in [0, 0.1) is 6.92 Å². The van der Waals surface area contributed by atoms with Crippen molar-refractivity contribution < 1.29 is 14.3 Å². The van der Waals surface area contributed by atoms with Crippen LogP contribution in [0.4, 0.5) is 5.82 Å². The molecule has 2 amide bonds. The van der Waals surface area contributed by atoms with Gasteiger partial charge in [-0.25, -0.2) is 4.68 Å². The molecule has 0 radical (unpaired) electrons. The Morgan fingerprint density at radius 3 is 2.61 bits per heavy atom. The molecule has 2 aliphatic rings. The van der Waals surface area contributed by atoms with E-state index < -0.39 is 0 Å². The van der Waals surface area contributed by atoms with E-state index in [-0.39, 0.29) is 29.4 Å². The number of aryl methyl sites for hydroxylation is 1. The van der Waals surface area contributed by atoms with Crippen molar-refractivity contribution in [3.8, 4) is 16.9 Å². The molecule has 4 aromatic rings. The highest BCUT2D eigenvalue weighted by atomic mass is 32.2. The van der Waals surface area contributed by atoms with Crippen molar-refractivity contribution in [2.24, 2.45) is 0 Å². The number of rotatable bonds is 5. The van der Waals surface area contributed by atoms with E-state index in [0.29, 0.717) is 32.1 Å². The number of carbonyl (C=O) groups excluding carboxylic acids is 2. The number of ether oxygens (including phenoxy) is 1. The van der Waals surface area contributed by atoms with Gasteiger partial charge in [-0.1, -0.05) is 48.5 Å². The van der Waals surface area contributed by atoms with E-state index in [9.17, 15) is 9.59 Å². The summed E-state index contributed by atoms with van der Waals surface area (Å²) in [5.74, 6) is 0.774. The van der Waals surface area contributed by atoms with Gasteiger partial charge in [0.2, 0.25) is 11.8 Å². The Balaban J connectivity index is 1.57. The zero-order valence-corrected chi connectivity index (χ0v) is 22.7. The van der Waals surface area contributed by atoms with E-state index in [1.165, 1.54) is 0 Å². The molecule has 2 aromatic carbocycles. The molecule has 1 saturated heterocycles. The number of amides is 2. The van der Waals surface area contributed by atoms with Gasteiger partial charge in [-0.15, -0.1) is 23.1 Å². The molecule has 4 heterocycles. The molecule has 2 aliphatic heterocycles. The van der Waals surface area contributed by atoms with Gasteiger partial charge in [0.25, 0.3) is 0 Å². The van der Waals surface area contributed by atoms with Gasteiger partial charge < -0.3 is 9.64 Å². The number of thioether (sulfide) groups is 1. The van der Waals surface area contributed by atoms with Crippen LogP contribution in [0.5, 0.6) is 0 Å². The number of hydrogen-bond acceptors (Lipinski definition) is 6. The van der Waals surface area contributed by atoms with Crippen LogP contribution in [0.15, 0.2) is 72.1 Å². The van der Waals surface area contributed by atoms with Crippen molar-refractivity contribution >= 4 is 40.7 Å². The second kappa shape index (κ2) is 10.8. The van der Waals surface area contributed by atoms with Gasteiger partial charge in [-0.3, -0.25) is 14.5 Å². The molecule has 0 N–H and O–H groups in total. The predicted octanol–water partition coefficient (Wildman–Crippen LogP) is 4.94. The fraction of sp³-hybridized carbons (Fsp3) is 0.276. The van der Waals surface area contributed by atoms with Crippen molar-refractivity contribution in [1.82, 2.24) is 14.7 Å². The monoisotopic (exact) mass is 544 g/mol. The maximum Gasteiger partial charge on any atom is 0.242 e. The summed E-state index contributed by atoms with van der Waals surface area (Å²) in [7, 11) is 0. The fourth-order valence-corrected chi connectivity index (χ4v) is 7.16. The number of nitrogens with zero attached hydrogens (tertiary/aromatic N) is 4. The maximum absolute atomic E-state index is 13.8. The summed E-state index contributed by atoms with van der Waals surface area (Å²) in [5.41, 5.74) is 4.72. The molecule has 1 atom stereocenters. The Hall–Kier alpha value is -3.40. The fourth-order valence-electron chi connectivity index (χ4n) is 4.98. The van der Waals surface area contributed by atoms with Crippen molar-refractivity contribution in [1.29, 1.82) is 0 Å². The topological polar surface area (TPSA) is 67.7 Å². The second-order valence-corrected chi connectivity index (χ2v) is 11.5. The van der Waals surface area contributed by atoms with E-state index in [0.717, 1.165) is 32.9 Å². The van der Waals surface area contributed by atoms with E-state index >= 15 is 0 Å². The summed E-state index contributed by atoms with van der Waals surface area (Å²) in [4.78, 5) is 31.9. The van der Waals surface area contributed by atoms with Gasteiger partial charge in [0, 0.05) is 29.1 Å². The molecule has 2 aromatic heterocycles. The quantitative estimate of drug-likeness (QED) is 0.356. The van der Waals surface area contributed by atoms with E-state index in [2.05, 4.69) is 29.6 Å². The number of aromatic nitrogens is 2. The van der Waals surface area contributed by atoms with E-state index in [1.807, 2.05) is 54.1 Å². The van der Waals surface area contributed by atoms with Crippen LogP contribution >= 0.6 is 23.1 Å². The first kappa shape index (κ1) is 24.9. The number of thiophene rings is 1. The lowest BCUT2D eigenvalue weighted by atomic mass is 10.0. The Labute approximate surface area is 230 Å². The lowest BCUT2D eigenvalue weighted by Crippen LogP contribution is -2.48. The Morgan fingerprint density at radius 2 is 1.87 bits per heavy atom. The third kappa shape index (κ3) is 4.77. The predicted molar refractivity (Wildman–Crippen MR) is 152 cm³/mol. The van der Waals surface area contributed by atoms with Crippen LogP contribution in [-0.2, 0) is 14.3 Å². The first-order valence-corrected chi connectivity index (χ1v) is 14.6. The smallest absolute Gasteiger partial charge is 0.242 e. The molecule has 0 aliphatic carbocycles. The molecule has 6 rings (SSSR count). The second-order valence-electron chi connectivity index (χ2n) is 9.38. The minimum atomic E-state index is -0.0923. The average Bonchev–Trinajstić information content (AvgIpc) is 3.59. The molecular formula is C29H28N4O3S2. The van der Waals surface area contributed by atoms with Gasteiger partial charge in [0.1, 0.15) is 12.4 Å². The van der Waals surface area contributed by atoms with Crippen molar-refractivity contribution in [2.75, 3.05) is 43.5 Å². The average molecular weight is 545 g/mol. The zero-order chi connectivity index (χ0) is 26.1. The van der Waals surface area contributed by atoms with Crippen LogP contribution in [0.2, 0.25) is 0 Å². The molecule has 0 bridgehead atoms. The lowest BCUT2D eigenvalue weighted by molar-refractivity contribution is -0.134. The Morgan fingerprint density at radius 1 is 1.05 bits per heavy atom. The van der Waals surface area contributed by atoms with Gasteiger partial charge in [-0.2, -0.15) is 5.10 Å². The van der Waals surface area contributed by atoms with Crippen molar-refractivity contribution in [3.63, 3.8) is 0 Å². The number of fused-ring (bicyclic) bond motifs is 1. The normalized spacial score (nSPS) is 17.8. The Bertz CT molecular complexity index is 1450. The molecule has 0 spiro atoms.